The van der Waals surface area contributed by atoms with Crippen molar-refractivity contribution in [3.05, 3.63) is 12.2 Å². The summed E-state index contributed by atoms with van der Waals surface area (Å²) in [6.45, 7) is 1.71. The summed E-state index contributed by atoms with van der Waals surface area (Å²) in [6.07, 6.45) is 9.11. The van der Waals surface area contributed by atoms with Crippen molar-refractivity contribution in [2.24, 2.45) is 0 Å². The van der Waals surface area contributed by atoms with Crippen LogP contribution in [0, 0.1) is 0 Å². The number of hydrogen-bond acceptors (Lipinski definition) is 18. The number of ether oxygens (including phenoxy) is 6. The van der Waals surface area contributed by atoms with Crippen molar-refractivity contribution >= 4 is 5.91 Å². The van der Waals surface area contributed by atoms with Gasteiger partial charge in [0.1, 0.15) is 73.2 Å². The van der Waals surface area contributed by atoms with E-state index in [1.54, 1.807) is 6.08 Å². The molecular formula is C54H101NO18. The molecule has 3 aliphatic rings. The molecule has 0 spiro atoms. The van der Waals surface area contributed by atoms with Crippen LogP contribution in [0.2, 0.25) is 0 Å². The number of carbonyl (C=O) groups excluding carboxylic acids is 1. The van der Waals surface area contributed by atoms with Gasteiger partial charge in [-0.05, 0) is 19.3 Å². The average Bonchev–Trinajstić information content (AvgIpc) is 3.39. The van der Waals surface area contributed by atoms with Gasteiger partial charge in [-0.1, -0.05) is 180 Å². The van der Waals surface area contributed by atoms with Crippen molar-refractivity contribution in [3.8, 4) is 0 Å². The maximum atomic E-state index is 13.3. The van der Waals surface area contributed by atoms with Gasteiger partial charge < -0.3 is 89.9 Å². The van der Waals surface area contributed by atoms with Crippen molar-refractivity contribution in [1.29, 1.82) is 0 Å². The van der Waals surface area contributed by atoms with Crippen molar-refractivity contribution < 1.29 is 89.4 Å². The topological polar surface area (TPSA) is 307 Å². The maximum Gasteiger partial charge on any atom is 0.220 e. The summed E-state index contributed by atoms with van der Waals surface area (Å²) < 4.78 is 34.2. The predicted octanol–water partition coefficient (Wildman–Crippen LogP) is 3.82. The number of aliphatic hydroxyl groups is 11. The smallest absolute Gasteiger partial charge is 0.220 e. The number of hydrogen-bond donors (Lipinski definition) is 12. The van der Waals surface area contributed by atoms with Gasteiger partial charge in [0.2, 0.25) is 5.91 Å². The highest BCUT2D eigenvalue weighted by Gasteiger charge is 2.53. The molecule has 3 heterocycles. The van der Waals surface area contributed by atoms with E-state index in [1.165, 1.54) is 122 Å². The van der Waals surface area contributed by atoms with Gasteiger partial charge in [0.25, 0.3) is 0 Å². The van der Waals surface area contributed by atoms with E-state index >= 15 is 0 Å². The first-order chi connectivity index (χ1) is 35.3. The molecule has 19 heteroatoms. The number of allylic oxidation sites excluding steroid dienone is 1. The molecule has 3 saturated heterocycles. The predicted molar refractivity (Wildman–Crippen MR) is 273 cm³/mol. The molecule has 1 amide bonds. The van der Waals surface area contributed by atoms with E-state index in [-0.39, 0.29) is 18.9 Å². The minimum atomic E-state index is -1.97. The molecule has 73 heavy (non-hydrogen) atoms. The minimum absolute atomic E-state index is 0.248. The molecule has 0 bridgehead atoms. The molecule has 3 rings (SSSR count). The van der Waals surface area contributed by atoms with Crippen LogP contribution in [-0.4, -0.2) is 193 Å². The van der Waals surface area contributed by atoms with Crippen molar-refractivity contribution in [2.75, 3.05) is 26.4 Å². The van der Waals surface area contributed by atoms with Crippen LogP contribution < -0.4 is 5.32 Å². The zero-order chi connectivity index (χ0) is 53.4. The normalized spacial score (nSPS) is 31.8. The highest BCUT2D eigenvalue weighted by Crippen LogP contribution is 2.33. The Morgan fingerprint density at radius 3 is 1.29 bits per heavy atom. The molecule has 0 unspecified atom stereocenters. The number of amides is 1. The standard InChI is InChI=1S/C54H101NO18/c1-3-5-7-9-11-13-15-17-18-20-22-24-26-28-30-32-42(60)55-37(38(59)31-29-27-25-23-21-19-16-14-12-10-8-6-4-2)36-68-52-48(66)45(63)50(40(34-57)70-52)73-54-49(67)46(64)51(41(35-58)71-54)72-53-47(65)44(62)43(61)39(33-56)69-53/h29,31,37-41,43-54,56-59,61-67H,3-28,30,32-36H2,1-2H3,(H,55,60)/t37-,38+,39+,40+,41+,43-,44-,45+,46+,47+,48+,49+,50+,51-,52+,53+,54-/m0/s1. The van der Waals surface area contributed by atoms with Gasteiger partial charge in [-0.15, -0.1) is 0 Å². The third kappa shape index (κ3) is 24.0. The second-order valence-corrected chi connectivity index (χ2v) is 20.8. The fraction of sp³-hybridized carbons (Fsp3) is 0.944. The molecule has 3 aliphatic heterocycles. The molecule has 430 valence electrons. The van der Waals surface area contributed by atoms with Gasteiger partial charge in [-0.25, -0.2) is 0 Å². The molecule has 19 nitrogen and oxygen atoms in total. The summed E-state index contributed by atoms with van der Waals surface area (Å²) in [5, 5.41) is 120. The number of unbranched alkanes of at least 4 members (excludes halogenated alkanes) is 25. The van der Waals surface area contributed by atoms with E-state index in [1.807, 2.05) is 6.08 Å². The van der Waals surface area contributed by atoms with E-state index in [0.717, 1.165) is 44.9 Å². The van der Waals surface area contributed by atoms with Gasteiger partial charge >= 0.3 is 0 Å². The Kier molecular flexibility index (Phi) is 35.1. The molecule has 3 fully saturated rings. The van der Waals surface area contributed by atoms with Gasteiger partial charge in [0, 0.05) is 6.42 Å². The zero-order valence-electron chi connectivity index (χ0n) is 44.4. The lowest BCUT2D eigenvalue weighted by atomic mass is 9.96. The molecule has 0 aromatic rings. The third-order valence-corrected chi connectivity index (χ3v) is 14.6. The number of aliphatic hydroxyl groups excluding tert-OH is 11. The summed E-state index contributed by atoms with van der Waals surface area (Å²) in [5.41, 5.74) is 0. The van der Waals surface area contributed by atoms with E-state index in [2.05, 4.69) is 19.2 Å². The number of rotatable bonds is 41. The van der Waals surface area contributed by atoms with Crippen LogP contribution in [0.5, 0.6) is 0 Å². The van der Waals surface area contributed by atoms with Crippen molar-refractivity contribution in [3.63, 3.8) is 0 Å². The Labute approximate surface area is 436 Å². The van der Waals surface area contributed by atoms with E-state index < -0.39 is 124 Å². The van der Waals surface area contributed by atoms with Crippen LogP contribution in [0.1, 0.15) is 194 Å². The van der Waals surface area contributed by atoms with Crippen molar-refractivity contribution in [1.82, 2.24) is 5.32 Å². The Balaban J connectivity index is 1.53. The fourth-order valence-corrected chi connectivity index (χ4v) is 9.84. The quantitative estimate of drug-likeness (QED) is 0.0306. The highest BCUT2D eigenvalue weighted by atomic mass is 16.8. The van der Waals surface area contributed by atoms with Gasteiger partial charge in [0.05, 0.1) is 38.6 Å². The summed E-state index contributed by atoms with van der Waals surface area (Å²) in [5.74, 6) is -0.275. The number of nitrogens with one attached hydrogen (secondary N) is 1. The summed E-state index contributed by atoms with van der Waals surface area (Å²) in [4.78, 5) is 13.3. The Hall–Kier alpha value is -1.47. The van der Waals surface area contributed by atoms with Crippen molar-refractivity contribution in [2.45, 2.75) is 298 Å². The lowest BCUT2D eigenvalue weighted by molar-refractivity contribution is -0.379. The highest BCUT2D eigenvalue weighted by molar-refractivity contribution is 5.76. The number of carbonyl (C=O) groups is 1. The first-order valence-electron chi connectivity index (χ1n) is 28.4. The zero-order valence-corrected chi connectivity index (χ0v) is 44.4. The second kappa shape index (κ2) is 39.0. The molecule has 0 aliphatic carbocycles. The molecule has 0 aromatic carbocycles. The SMILES string of the molecule is CCCCCCCCCCCCCC=C[C@@H](O)[C@H](CO[C@@H]1O[C@H](CO)[C@@H](O[C@@H]2O[C@H](CO)[C@H](O[C@H]3O[C@H](CO)[C@H](O)[C@H](O)[C@H]3O)[C@H](O)[C@H]2O)[C@H](O)[C@H]1O)NC(=O)CCCCCCCCCCCCCCCCC. The fourth-order valence-electron chi connectivity index (χ4n) is 9.84. The summed E-state index contributed by atoms with van der Waals surface area (Å²) in [7, 11) is 0. The summed E-state index contributed by atoms with van der Waals surface area (Å²) in [6, 6.07) is -0.965. The Bertz CT molecular complexity index is 1400. The lowest BCUT2D eigenvalue weighted by Crippen LogP contribution is -2.66. The minimum Gasteiger partial charge on any atom is -0.394 e. The maximum absolute atomic E-state index is 13.3. The van der Waals surface area contributed by atoms with Gasteiger partial charge in [-0.3, -0.25) is 4.79 Å². The third-order valence-electron chi connectivity index (χ3n) is 14.6. The largest absolute Gasteiger partial charge is 0.394 e. The van der Waals surface area contributed by atoms with Crippen LogP contribution >= 0.6 is 0 Å². The monoisotopic (exact) mass is 1050 g/mol. The van der Waals surface area contributed by atoms with Crippen LogP contribution in [-0.2, 0) is 33.2 Å². The average molecular weight is 1050 g/mol. The van der Waals surface area contributed by atoms with Crippen LogP contribution in [0.4, 0.5) is 0 Å². The van der Waals surface area contributed by atoms with Gasteiger partial charge in [0.15, 0.2) is 18.9 Å². The van der Waals surface area contributed by atoms with Crippen LogP contribution in [0.15, 0.2) is 12.2 Å². The molecular weight excluding hydrogens is 951 g/mol. The van der Waals surface area contributed by atoms with E-state index in [4.69, 9.17) is 28.4 Å². The van der Waals surface area contributed by atoms with Crippen LogP contribution in [0.3, 0.4) is 0 Å². The first kappa shape index (κ1) is 65.8. The van der Waals surface area contributed by atoms with E-state index in [9.17, 15) is 61.0 Å². The molecule has 0 saturated carbocycles. The molecule has 12 N–H and O–H groups in total. The molecule has 0 radical (unpaired) electrons. The van der Waals surface area contributed by atoms with Gasteiger partial charge in [-0.2, -0.15) is 0 Å². The van der Waals surface area contributed by atoms with Crippen LogP contribution in [0.25, 0.3) is 0 Å². The molecule has 17 atom stereocenters. The lowest BCUT2D eigenvalue weighted by Gasteiger charge is -2.48. The Morgan fingerprint density at radius 1 is 0.479 bits per heavy atom. The second-order valence-electron chi connectivity index (χ2n) is 20.8. The summed E-state index contributed by atoms with van der Waals surface area (Å²) >= 11 is 0. The first-order valence-corrected chi connectivity index (χ1v) is 28.4. The molecule has 0 aromatic heterocycles. The van der Waals surface area contributed by atoms with E-state index in [0.29, 0.717) is 6.42 Å². The Morgan fingerprint density at radius 2 is 0.849 bits per heavy atom.